The zero-order valence-electron chi connectivity index (χ0n) is 11.8. The maximum Gasteiger partial charge on any atom is 0.275 e. The molecule has 4 nitrogen and oxygen atoms in total. The molecule has 0 fully saturated rings. The van der Waals surface area contributed by atoms with Crippen molar-refractivity contribution in [3.63, 3.8) is 0 Å². The first-order valence-corrected chi connectivity index (χ1v) is 6.35. The molecule has 0 atom stereocenters. The number of benzene rings is 2. The van der Waals surface area contributed by atoms with E-state index < -0.39 is 0 Å². The van der Waals surface area contributed by atoms with Crippen molar-refractivity contribution >= 4 is 11.6 Å². The third-order valence-electron chi connectivity index (χ3n) is 2.94. The Morgan fingerprint density at radius 3 is 2.48 bits per heavy atom. The van der Waals surface area contributed by atoms with Crippen LogP contribution in [0.15, 0.2) is 53.6 Å². The largest absolute Gasteiger partial charge is 0.496 e. The molecule has 0 aliphatic heterocycles. The number of nitrogens with zero attached hydrogens (tertiary/aromatic N) is 1. The zero-order chi connectivity index (χ0) is 15.2. The van der Waals surface area contributed by atoms with E-state index in [2.05, 4.69) is 10.5 Å². The Morgan fingerprint density at radius 2 is 1.81 bits per heavy atom. The third-order valence-corrected chi connectivity index (χ3v) is 2.94. The number of para-hydroxylation sites is 1. The molecule has 1 N–H and O–H groups in total. The Hall–Kier alpha value is -2.69. The molecule has 0 spiro atoms. The molecule has 5 heteroatoms. The molecule has 108 valence electrons. The van der Waals surface area contributed by atoms with Crippen LogP contribution in [-0.4, -0.2) is 18.7 Å². The summed E-state index contributed by atoms with van der Waals surface area (Å²) in [7, 11) is 1.50. The van der Waals surface area contributed by atoms with Crippen molar-refractivity contribution in [2.45, 2.75) is 6.92 Å². The maximum atomic E-state index is 12.8. The molecule has 0 saturated heterocycles. The van der Waals surface area contributed by atoms with Gasteiger partial charge in [-0.1, -0.05) is 24.3 Å². The normalized spacial score (nSPS) is 11.1. The minimum absolute atomic E-state index is 0.315. The first-order valence-electron chi connectivity index (χ1n) is 6.35. The first kappa shape index (κ1) is 14.7. The average Bonchev–Trinajstić information content (AvgIpc) is 2.52. The molecule has 0 aromatic heterocycles. The Morgan fingerprint density at radius 1 is 1.14 bits per heavy atom. The summed E-state index contributed by atoms with van der Waals surface area (Å²) in [4.78, 5) is 12.1. The summed E-state index contributed by atoms with van der Waals surface area (Å²) in [6, 6.07) is 12.8. The van der Waals surface area contributed by atoms with Crippen LogP contribution in [-0.2, 0) is 0 Å². The molecule has 0 saturated carbocycles. The van der Waals surface area contributed by atoms with E-state index in [1.54, 1.807) is 43.3 Å². The predicted molar refractivity (Wildman–Crippen MR) is 79.1 cm³/mol. The Labute approximate surface area is 122 Å². The highest BCUT2D eigenvalue weighted by atomic mass is 19.1. The molecular formula is C16H15FN2O2. The predicted octanol–water partition coefficient (Wildman–Crippen LogP) is 2.99. The number of carbonyl (C=O) groups is 1. The van der Waals surface area contributed by atoms with Gasteiger partial charge in [-0.3, -0.25) is 4.79 Å². The van der Waals surface area contributed by atoms with Crippen molar-refractivity contribution in [3.05, 3.63) is 65.5 Å². The topological polar surface area (TPSA) is 50.7 Å². The van der Waals surface area contributed by atoms with Gasteiger partial charge in [-0.15, -0.1) is 0 Å². The molecule has 0 aliphatic carbocycles. The molecule has 2 aromatic carbocycles. The van der Waals surface area contributed by atoms with E-state index >= 15 is 0 Å². The lowest BCUT2D eigenvalue weighted by Gasteiger charge is -2.07. The number of hydrogen-bond donors (Lipinski definition) is 1. The standard InChI is InChI=1S/C16H15FN2O2/c1-11(12-7-9-13(17)10-8-12)18-19-16(20)14-5-3-4-6-15(14)21-2/h3-10H,1-2H3,(H,19,20)/b18-11+. The van der Waals surface area contributed by atoms with E-state index in [0.29, 0.717) is 17.0 Å². The van der Waals surface area contributed by atoms with Crippen molar-refractivity contribution in [3.8, 4) is 5.75 Å². The van der Waals surface area contributed by atoms with E-state index in [9.17, 15) is 9.18 Å². The van der Waals surface area contributed by atoms with Crippen LogP contribution in [0.3, 0.4) is 0 Å². The van der Waals surface area contributed by atoms with E-state index in [0.717, 1.165) is 5.56 Å². The van der Waals surface area contributed by atoms with Gasteiger partial charge in [0.1, 0.15) is 11.6 Å². The number of amides is 1. The molecule has 21 heavy (non-hydrogen) atoms. The van der Waals surface area contributed by atoms with E-state index in [-0.39, 0.29) is 11.7 Å². The second-order valence-electron chi connectivity index (χ2n) is 4.35. The van der Waals surface area contributed by atoms with Gasteiger partial charge < -0.3 is 4.74 Å². The van der Waals surface area contributed by atoms with E-state index in [1.807, 2.05) is 0 Å². The van der Waals surface area contributed by atoms with Crippen molar-refractivity contribution in [1.29, 1.82) is 0 Å². The van der Waals surface area contributed by atoms with Crippen molar-refractivity contribution in [2.24, 2.45) is 5.10 Å². The smallest absolute Gasteiger partial charge is 0.275 e. The maximum absolute atomic E-state index is 12.8. The zero-order valence-corrected chi connectivity index (χ0v) is 11.8. The van der Waals surface area contributed by atoms with Gasteiger partial charge in [0.15, 0.2) is 0 Å². The summed E-state index contributed by atoms with van der Waals surface area (Å²) in [5.41, 5.74) is 4.18. The Kier molecular flexibility index (Phi) is 4.66. The second-order valence-corrected chi connectivity index (χ2v) is 4.35. The lowest BCUT2D eigenvalue weighted by molar-refractivity contribution is 0.0952. The summed E-state index contributed by atoms with van der Waals surface area (Å²) in [6.07, 6.45) is 0. The minimum atomic E-state index is -0.367. The van der Waals surface area contributed by atoms with Crippen LogP contribution in [0.5, 0.6) is 5.75 Å². The number of rotatable bonds is 4. The molecular weight excluding hydrogens is 271 g/mol. The highest BCUT2D eigenvalue weighted by Crippen LogP contribution is 2.16. The monoisotopic (exact) mass is 286 g/mol. The molecule has 1 amide bonds. The number of methoxy groups -OCH3 is 1. The van der Waals surface area contributed by atoms with Crippen LogP contribution in [0.2, 0.25) is 0 Å². The first-order chi connectivity index (χ1) is 10.1. The van der Waals surface area contributed by atoms with Gasteiger partial charge >= 0.3 is 0 Å². The van der Waals surface area contributed by atoms with Crippen LogP contribution < -0.4 is 10.2 Å². The molecule has 2 aromatic rings. The fourth-order valence-corrected chi connectivity index (χ4v) is 1.78. The quantitative estimate of drug-likeness (QED) is 0.694. The summed E-state index contributed by atoms with van der Waals surface area (Å²) >= 11 is 0. The van der Waals surface area contributed by atoms with E-state index in [1.165, 1.54) is 19.2 Å². The van der Waals surface area contributed by atoms with Crippen molar-refractivity contribution in [2.75, 3.05) is 7.11 Å². The van der Waals surface area contributed by atoms with Crippen LogP contribution in [0, 0.1) is 5.82 Å². The van der Waals surface area contributed by atoms with Crippen LogP contribution >= 0.6 is 0 Å². The van der Waals surface area contributed by atoms with Gasteiger partial charge in [0, 0.05) is 0 Å². The van der Waals surface area contributed by atoms with Gasteiger partial charge in [-0.2, -0.15) is 5.10 Å². The molecule has 0 heterocycles. The number of ether oxygens (including phenoxy) is 1. The fourth-order valence-electron chi connectivity index (χ4n) is 1.78. The van der Waals surface area contributed by atoms with Crippen LogP contribution in [0.4, 0.5) is 4.39 Å². The molecule has 2 rings (SSSR count). The van der Waals surface area contributed by atoms with Crippen LogP contribution in [0.1, 0.15) is 22.8 Å². The fraction of sp³-hybridized carbons (Fsp3) is 0.125. The van der Waals surface area contributed by atoms with Crippen LogP contribution in [0.25, 0.3) is 0 Å². The van der Waals surface area contributed by atoms with E-state index in [4.69, 9.17) is 4.74 Å². The minimum Gasteiger partial charge on any atom is -0.496 e. The van der Waals surface area contributed by atoms with Gasteiger partial charge in [0.2, 0.25) is 0 Å². The second kappa shape index (κ2) is 6.65. The van der Waals surface area contributed by atoms with Crippen molar-refractivity contribution < 1.29 is 13.9 Å². The van der Waals surface area contributed by atoms with Gasteiger partial charge in [-0.25, -0.2) is 9.82 Å². The lowest BCUT2D eigenvalue weighted by Crippen LogP contribution is -2.20. The summed E-state index contributed by atoms with van der Waals surface area (Å²) in [5, 5.41) is 4.01. The average molecular weight is 286 g/mol. The third kappa shape index (κ3) is 3.66. The molecule has 0 aliphatic rings. The SMILES string of the molecule is COc1ccccc1C(=O)N/N=C(\C)c1ccc(F)cc1. The number of hydrazone groups is 1. The molecule has 0 unspecified atom stereocenters. The molecule has 0 radical (unpaired) electrons. The number of halogens is 1. The number of nitrogens with one attached hydrogen (secondary N) is 1. The highest BCUT2D eigenvalue weighted by molar-refractivity contribution is 6.01. The molecule has 0 bridgehead atoms. The Balaban J connectivity index is 2.12. The van der Waals surface area contributed by atoms with Gasteiger partial charge in [-0.05, 0) is 36.8 Å². The van der Waals surface area contributed by atoms with Crippen molar-refractivity contribution in [1.82, 2.24) is 5.43 Å². The number of hydrogen-bond acceptors (Lipinski definition) is 3. The lowest BCUT2D eigenvalue weighted by atomic mass is 10.1. The van der Waals surface area contributed by atoms with Gasteiger partial charge in [0.25, 0.3) is 5.91 Å². The van der Waals surface area contributed by atoms with Gasteiger partial charge in [0.05, 0.1) is 18.4 Å². The number of carbonyl (C=O) groups excluding carboxylic acids is 1. The summed E-state index contributed by atoms with van der Waals surface area (Å²) in [5.74, 6) is -0.205. The highest BCUT2D eigenvalue weighted by Gasteiger charge is 2.10. The summed E-state index contributed by atoms with van der Waals surface area (Å²) in [6.45, 7) is 1.73. The summed E-state index contributed by atoms with van der Waals surface area (Å²) < 4.78 is 18.0. The Bertz CT molecular complexity index is 666.